The van der Waals surface area contributed by atoms with Crippen molar-refractivity contribution in [2.45, 2.75) is 70.2 Å². The Kier molecular flexibility index (Phi) is 9.37. The molecule has 2 aliphatic rings. The van der Waals surface area contributed by atoms with Gasteiger partial charge in [0.2, 0.25) is 5.91 Å². The Hall–Kier alpha value is -1.60. The lowest BCUT2D eigenvalue weighted by Gasteiger charge is -2.54. The van der Waals surface area contributed by atoms with E-state index in [1.165, 1.54) is 18.4 Å². The maximum atomic E-state index is 12.7. The van der Waals surface area contributed by atoms with Gasteiger partial charge in [-0.15, -0.1) is 24.8 Å². The minimum Gasteiger partial charge on any atom is -0.378 e. The molecule has 0 saturated heterocycles. The molecule has 2 unspecified atom stereocenters. The van der Waals surface area contributed by atoms with E-state index in [1.807, 2.05) is 35.9 Å². The molecule has 2 fully saturated rings. The smallest absolute Gasteiger partial charge is 0.237 e. The molecule has 1 aromatic carbocycles. The monoisotopic (exact) mass is 468 g/mol. The Bertz CT molecular complexity index is 824. The first kappa shape index (κ1) is 25.7. The third-order valence-electron chi connectivity index (χ3n) is 6.66. The number of carbonyl (C=O) groups excluding carboxylic acids is 1. The predicted molar refractivity (Wildman–Crippen MR) is 127 cm³/mol. The van der Waals surface area contributed by atoms with E-state index in [0.717, 1.165) is 38.1 Å². The van der Waals surface area contributed by atoms with Crippen molar-refractivity contribution in [3.05, 3.63) is 54.1 Å². The Morgan fingerprint density at radius 1 is 1.29 bits per heavy atom. The van der Waals surface area contributed by atoms with E-state index in [9.17, 15) is 4.79 Å². The molecular weight excluding hydrogens is 435 g/mol. The van der Waals surface area contributed by atoms with Crippen LogP contribution in [-0.2, 0) is 22.5 Å². The fraction of sp³-hybridized carbons (Fsp3) is 0.565. The number of hydrogen-bond donors (Lipinski definition) is 2. The molecule has 1 aromatic heterocycles. The van der Waals surface area contributed by atoms with Crippen molar-refractivity contribution in [1.82, 2.24) is 14.9 Å². The van der Waals surface area contributed by atoms with E-state index < -0.39 is 6.04 Å². The summed E-state index contributed by atoms with van der Waals surface area (Å²) >= 11 is 0. The van der Waals surface area contributed by atoms with Gasteiger partial charge in [0.25, 0.3) is 0 Å². The highest BCUT2D eigenvalue weighted by molar-refractivity contribution is 5.85. The largest absolute Gasteiger partial charge is 0.378 e. The van der Waals surface area contributed by atoms with Gasteiger partial charge in [-0.3, -0.25) is 4.79 Å². The van der Waals surface area contributed by atoms with Gasteiger partial charge in [0.1, 0.15) is 0 Å². The van der Waals surface area contributed by atoms with Gasteiger partial charge >= 0.3 is 0 Å². The molecule has 31 heavy (non-hydrogen) atoms. The third kappa shape index (κ3) is 5.61. The standard InChI is InChI=1S/C23H32N4O2.2ClH/c1-2-29-21-13-20(23(21)10-6-7-11-23)26-22(28)19(24)12-18-15-27(16-25-18)14-17-8-4-3-5-9-17;;/h3-5,8-9,15-16,19-21H,2,6-7,10-14,24H2,1H3,(H,26,28);2*1H/t19-,20?,21?;;/m0../s1. The van der Waals surface area contributed by atoms with Crippen molar-refractivity contribution >= 4 is 30.7 Å². The summed E-state index contributed by atoms with van der Waals surface area (Å²) in [4.78, 5) is 17.2. The lowest BCUT2D eigenvalue weighted by molar-refractivity contribution is -0.144. The summed E-state index contributed by atoms with van der Waals surface area (Å²) < 4.78 is 7.97. The number of carbonyl (C=O) groups is 1. The van der Waals surface area contributed by atoms with Crippen molar-refractivity contribution in [3.8, 4) is 0 Å². The number of aromatic nitrogens is 2. The van der Waals surface area contributed by atoms with Crippen LogP contribution in [0.2, 0.25) is 0 Å². The SMILES string of the molecule is CCOC1CC(NC(=O)[C@@H](N)Cc2cn(Cc3ccccc3)cn2)C12CCCC2.Cl.Cl. The number of imidazole rings is 1. The van der Waals surface area contributed by atoms with Gasteiger partial charge in [-0.25, -0.2) is 4.98 Å². The van der Waals surface area contributed by atoms with Crippen molar-refractivity contribution in [3.63, 3.8) is 0 Å². The highest BCUT2D eigenvalue weighted by atomic mass is 35.5. The molecule has 0 radical (unpaired) electrons. The second-order valence-corrected chi connectivity index (χ2v) is 8.51. The molecule has 2 aromatic rings. The predicted octanol–water partition coefficient (Wildman–Crippen LogP) is 3.50. The molecular formula is C23H34Cl2N4O2. The Labute approximate surface area is 197 Å². The van der Waals surface area contributed by atoms with Crippen molar-refractivity contribution in [2.24, 2.45) is 11.1 Å². The second-order valence-electron chi connectivity index (χ2n) is 8.51. The zero-order valence-corrected chi connectivity index (χ0v) is 19.7. The Morgan fingerprint density at radius 3 is 2.68 bits per heavy atom. The third-order valence-corrected chi connectivity index (χ3v) is 6.66. The molecule has 0 aliphatic heterocycles. The van der Waals surface area contributed by atoms with Crippen LogP contribution >= 0.6 is 24.8 Å². The molecule has 8 heteroatoms. The van der Waals surface area contributed by atoms with Gasteiger partial charge in [0, 0.05) is 37.2 Å². The molecule has 1 heterocycles. The van der Waals surface area contributed by atoms with Crippen LogP contribution in [0.5, 0.6) is 0 Å². The summed E-state index contributed by atoms with van der Waals surface area (Å²) in [5, 5.41) is 3.23. The van der Waals surface area contributed by atoms with Crippen LogP contribution in [0.3, 0.4) is 0 Å². The van der Waals surface area contributed by atoms with Gasteiger partial charge in [0.05, 0.1) is 24.2 Å². The van der Waals surface area contributed by atoms with Gasteiger partial charge in [-0.2, -0.15) is 0 Å². The van der Waals surface area contributed by atoms with Gasteiger partial charge in [0.15, 0.2) is 0 Å². The highest BCUT2D eigenvalue weighted by Crippen LogP contribution is 2.54. The molecule has 4 rings (SSSR count). The Morgan fingerprint density at radius 2 is 2.00 bits per heavy atom. The average molecular weight is 469 g/mol. The fourth-order valence-corrected chi connectivity index (χ4v) is 5.08. The fourth-order valence-electron chi connectivity index (χ4n) is 5.08. The van der Waals surface area contributed by atoms with Crippen LogP contribution < -0.4 is 11.1 Å². The summed E-state index contributed by atoms with van der Waals surface area (Å²) in [6.45, 7) is 3.54. The summed E-state index contributed by atoms with van der Waals surface area (Å²) in [5.74, 6) is -0.0752. The number of nitrogens with one attached hydrogen (secondary N) is 1. The van der Waals surface area contributed by atoms with E-state index in [2.05, 4.69) is 22.4 Å². The summed E-state index contributed by atoms with van der Waals surface area (Å²) in [6.07, 6.45) is 10.1. The number of nitrogens with two attached hydrogens (primary N) is 1. The molecule has 3 atom stereocenters. The maximum absolute atomic E-state index is 12.7. The van der Waals surface area contributed by atoms with Crippen molar-refractivity contribution in [2.75, 3.05) is 6.61 Å². The molecule has 1 spiro atoms. The molecule has 1 amide bonds. The minimum atomic E-state index is -0.584. The number of rotatable bonds is 8. The number of ether oxygens (including phenoxy) is 1. The van der Waals surface area contributed by atoms with E-state index >= 15 is 0 Å². The first-order valence-corrected chi connectivity index (χ1v) is 10.8. The van der Waals surface area contributed by atoms with Crippen LogP contribution in [0.15, 0.2) is 42.9 Å². The molecule has 3 N–H and O–H groups in total. The van der Waals surface area contributed by atoms with Gasteiger partial charge < -0.3 is 20.4 Å². The van der Waals surface area contributed by atoms with Crippen molar-refractivity contribution in [1.29, 1.82) is 0 Å². The Balaban J connectivity index is 0.00000171. The first-order chi connectivity index (χ1) is 14.1. The minimum absolute atomic E-state index is 0. The van der Waals surface area contributed by atoms with E-state index in [4.69, 9.17) is 10.5 Å². The molecule has 0 bridgehead atoms. The van der Waals surface area contributed by atoms with Crippen LogP contribution in [0.1, 0.15) is 50.3 Å². The lowest BCUT2D eigenvalue weighted by atomic mass is 9.60. The number of halogens is 2. The maximum Gasteiger partial charge on any atom is 0.237 e. The number of nitrogens with zero attached hydrogens (tertiary/aromatic N) is 2. The first-order valence-electron chi connectivity index (χ1n) is 10.8. The number of benzene rings is 1. The van der Waals surface area contributed by atoms with Crippen LogP contribution in [-0.4, -0.2) is 40.3 Å². The number of amides is 1. The summed E-state index contributed by atoms with van der Waals surface area (Å²) in [7, 11) is 0. The molecule has 172 valence electrons. The van der Waals surface area contributed by atoms with Gasteiger partial charge in [-0.05, 0) is 31.7 Å². The summed E-state index contributed by atoms with van der Waals surface area (Å²) in [6, 6.07) is 9.85. The van der Waals surface area contributed by atoms with Crippen LogP contribution in [0.25, 0.3) is 0 Å². The van der Waals surface area contributed by atoms with E-state index in [-0.39, 0.29) is 48.3 Å². The zero-order valence-electron chi connectivity index (χ0n) is 18.0. The van der Waals surface area contributed by atoms with E-state index in [0.29, 0.717) is 6.42 Å². The van der Waals surface area contributed by atoms with Crippen LogP contribution in [0.4, 0.5) is 0 Å². The number of hydrogen-bond acceptors (Lipinski definition) is 4. The zero-order chi connectivity index (χ0) is 20.3. The van der Waals surface area contributed by atoms with Crippen molar-refractivity contribution < 1.29 is 9.53 Å². The topological polar surface area (TPSA) is 82.2 Å². The molecule has 2 aliphatic carbocycles. The average Bonchev–Trinajstić information content (AvgIpc) is 3.39. The van der Waals surface area contributed by atoms with Gasteiger partial charge in [-0.1, -0.05) is 43.2 Å². The highest BCUT2D eigenvalue weighted by Gasteiger charge is 2.57. The van der Waals surface area contributed by atoms with E-state index in [1.54, 1.807) is 6.33 Å². The second kappa shape index (κ2) is 11.3. The molecule has 6 nitrogen and oxygen atoms in total. The lowest BCUT2D eigenvalue weighted by Crippen LogP contribution is -2.65. The normalized spacial score (nSPS) is 22.1. The molecule has 2 saturated carbocycles. The van der Waals surface area contributed by atoms with Crippen LogP contribution in [0, 0.1) is 5.41 Å². The quantitative estimate of drug-likeness (QED) is 0.620. The summed E-state index contributed by atoms with van der Waals surface area (Å²) in [5.41, 5.74) is 8.42.